The molecule has 1 saturated carbocycles. The minimum Gasteiger partial charge on any atom is -0.492 e. The van der Waals surface area contributed by atoms with Crippen molar-refractivity contribution in [2.24, 2.45) is 16.3 Å². The van der Waals surface area contributed by atoms with E-state index in [0.717, 1.165) is 18.7 Å². The number of nitrogens with one attached hydrogen (secondary N) is 1. The van der Waals surface area contributed by atoms with Gasteiger partial charge in [0, 0.05) is 23.6 Å². The zero-order valence-corrected chi connectivity index (χ0v) is 12.4. The molecule has 0 amide bonds. The van der Waals surface area contributed by atoms with E-state index < -0.39 is 0 Å². The lowest BCUT2D eigenvalue weighted by Crippen LogP contribution is -2.60. The molecular weight excluding hydrogens is 270 g/mol. The van der Waals surface area contributed by atoms with E-state index in [1.165, 1.54) is 0 Å². The van der Waals surface area contributed by atoms with Crippen LogP contribution < -0.4 is 15.8 Å². The number of nitrogens with two attached hydrogens (primary N) is 1. The third-order valence-corrected chi connectivity index (χ3v) is 4.24. The number of aliphatic hydroxyl groups excluding tert-OH is 1. The van der Waals surface area contributed by atoms with Gasteiger partial charge in [-0.3, -0.25) is 0 Å². The maximum absolute atomic E-state index is 9.66. The van der Waals surface area contributed by atoms with Gasteiger partial charge in [-0.1, -0.05) is 19.0 Å². The number of oxime groups is 1. The minimum absolute atomic E-state index is 0.0667. The summed E-state index contributed by atoms with van der Waals surface area (Å²) in [6.07, 6.45) is 0.573. The number of amidine groups is 1. The first kappa shape index (κ1) is 15.6. The van der Waals surface area contributed by atoms with Crippen LogP contribution in [-0.2, 0) is 0 Å². The highest BCUT2D eigenvalue weighted by Gasteiger charge is 2.46. The fraction of sp³-hybridized carbons (Fsp3) is 0.533. The SMILES string of the molecule is CC1(C)C(O)CC1NCCOc1ccc(/C(N)=N/O)cc1. The largest absolute Gasteiger partial charge is 0.492 e. The van der Waals surface area contributed by atoms with Gasteiger partial charge in [-0.2, -0.15) is 0 Å². The fourth-order valence-corrected chi connectivity index (χ4v) is 2.43. The summed E-state index contributed by atoms with van der Waals surface area (Å²) in [6, 6.07) is 7.38. The second kappa shape index (κ2) is 6.32. The molecule has 0 spiro atoms. The molecule has 2 atom stereocenters. The smallest absolute Gasteiger partial charge is 0.170 e. The number of benzene rings is 1. The molecule has 2 rings (SSSR count). The molecule has 0 aromatic heterocycles. The van der Waals surface area contributed by atoms with Crippen molar-refractivity contribution >= 4 is 5.84 Å². The number of aliphatic hydroxyl groups is 1. The molecule has 6 heteroatoms. The molecule has 21 heavy (non-hydrogen) atoms. The van der Waals surface area contributed by atoms with Crippen LogP contribution in [0.2, 0.25) is 0 Å². The van der Waals surface area contributed by atoms with Crippen molar-refractivity contribution in [1.29, 1.82) is 0 Å². The molecular formula is C15H23N3O3. The highest BCUT2D eigenvalue weighted by atomic mass is 16.5. The van der Waals surface area contributed by atoms with E-state index in [2.05, 4.69) is 24.3 Å². The van der Waals surface area contributed by atoms with E-state index in [-0.39, 0.29) is 17.4 Å². The molecule has 0 bridgehead atoms. The second-order valence-electron chi connectivity index (χ2n) is 5.94. The molecule has 2 unspecified atom stereocenters. The summed E-state index contributed by atoms with van der Waals surface area (Å²) in [5.74, 6) is 0.813. The first-order valence-corrected chi connectivity index (χ1v) is 7.07. The monoisotopic (exact) mass is 293 g/mol. The van der Waals surface area contributed by atoms with Crippen molar-refractivity contribution in [2.45, 2.75) is 32.4 Å². The average Bonchev–Trinajstić information content (AvgIpc) is 2.50. The molecule has 0 heterocycles. The number of nitrogens with zero attached hydrogens (tertiary/aromatic N) is 1. The Bertz CT molecular complexity index is 499. The van der Waals surface area contributed by atoms with E-state index in [0.29, 0.717) is 18.2 Å². The molecule has 1 aromatic rings. The molecule has 1 fully saturated rings. The van der Waals surface area contributed by atoms with E-state index >= 15 is 0 Å². The van der Waals surface area contributed by atoms with Crippen LogP contribution in [0.25, 0.3) is 0 Å². The number of rotatable bonds is 6. The summed E-state index contributed by atoms with van der Waals surface area (Å²) < 4.78 is 5.62. The number of hydrogen-bond acceptors (Lipinski definition) is 5. The third kappa shape index (κ3) is 3.46. The molecule has 116 valence electrons. The van der Waals surface area contributed by atoms with Crippen LogP contribution in [0.1, 0.15) is 25.8 Å². The fourth-order valence-electron chi connectivity index (χ4n) is 2.43. The zero-order valence-electron chi connectivity index (χ0n) is 12.4. The highest BCUT2D eigenvalue weighted by Crippen LogP contribution is 2.40. The van der Waals surface area contributed by atoms with Crippen molar-refractivity contribution in [3.05, 3.63) is 29.8 Å². The predicted octanol–water partition coefficient (Wildman–Crippen LogP) is 0.909. The molecule has 0 radical (unpaired) electrons. The summed E-state index contributed by atoms with van der Waals surface area (Å²) in [7, 11) is 0. The topological polar surface area (TPSA) is 100 Å². The standard InChI is InChI=1S/C15H23N3O3/c1-15(2)12(9-13(15)19)17-7-8-21-11-5-3-10(4-6-11)14(16)18-20/h3-6,12-13,17,19-20H,7-9H2,1-2H3,(H2,16,18). The summed E-state index contributed by atoms with van der Waals surface area (Å²) in [5.41, 5.74) is 6.07. The lowest BCUT2D eigenvalue weighted by molar-refractivity contribution is -0.0728. The summed E-state index contributed by atoms with van der Waals surface area (Å²) in [6.45, 7) is 5.39. The van der Waals surface area contributed by atoms with Crippen LogP contribution in [-0.4, -0.2) is 41.4 Å². The first-order valence-electron chi connectivity index (χ1n) is 7.07. The van der Waals surface area contributed by atoms with Gasteiger partial charge < -0.3 is 26.1 Å². The molecule has 1 aliphatic carbocycles. The van der Waals surface area contributed by atoms with Gasteiger partial charge in [0.15, 0.2) is 5.84 Å². The predicted molar refractivity (Wildman–Crippen MR) is 80.6 cm³/mol. The van der Waals surface area contributed by atoms with Gasteiger partial charge in [0.1, 0.15) is 12.4 Å². The van der Waals surface area contributed by atoms with Crippen molar-refractivity contribution < 1.29 is 15.1 Å². The van der Waals surface area contributed by atoms with Crippen molar-refractivity contribution in [3.63, 3.8) is 0 Å². The van der Waals surface area contributed by atoms with Gasteiger partial charge >= 0.3 is 0 Å². The maximum atomic E-state index is 9.66. The molecule has 1 aromatic carbocycles. The molecule has 0 aliphatic heterocycles. The lowest BCUT2D eigenvalue weighted by atomic mass is 9.64. The lowest BCUT2D eigenvalue weighted by Gasteiger charge is -2.49. The second-order valence-corrected chi connectivity index (χ2v) is 5.94. The van der Waals surface area contributed by atoms with Gasteiger partial charge in [0.25, 0.3) is 0 Å². The maximum Gasteiger partial charge on any atom is 0.170 e. The minimum atomic E-state index is -0.220. The third-order valence-electron chi connectivity index (χ3n) is 4.24. The molecule has 5 N–H and O–H groups in total. The van der Waals surface area contributed by atoms with Crippen molar-refractivity contribution in [2.75, 3.05) is 13.2 Å². The number of hydrogen-bond donors (Lipinski definition) is 4. The Morgan fingerprint density at radius 1 is 1.43 bits per heavy atom. The van der Waals surface area contributed by atoms with Gasteiger partial charge in [0.05, 0.1) is 6.10 Å². The zero-order chi connectivity index (χ0) is 15.5. The van der Waals surface area contributed by atoms with E-state index in [9.17, 15) is 5.11 Å². The van der Waals surface area contributed by atoms with Crippen LogP contribution in [0.15, 0.2) is 29.4 Å². The van der Waals surface area contributed by atoms with Crippen LogP contribution in [0.3, 0.4) is 0 Å². The van der Waals surface area contributed by atoms with Crippen molar-refractivity contribution in [1.82, 2.24) is 5.32 Å². The quantitative estimate of drug-likeness (QED) is 0.205. The first-order chi connectivity index (χ1) is 9.95. The van der Waals surface area contributed by atoms with Gasteiger partial charge in [-0.15, -0.1) is 0 Å². The van der Waals surface area contributed by atoms with Gasteiger partial charge in [0.2, 0.25) is 0 Å². The molecule has 0 saturated heterocycles. The van der Waals surface area contributed by atoms with Crippen molar-refractivity contribution in [3.8, 4) is 5.75 Å². The van der Waals surface area contributed by atoms with Crippen LogP contribution in [0, 0.1) is 5.41 Å². The Morgan fingerprint density at radius 2 is 2.10 bits per heavy atom. The summed E-state index contributed by atoms with van der Waals surface area (Å²) >= 11 is 0. The van der Waals surface area contributed by atoms with Crippen LogP contribution >= 0.6 is 0 Å². The van der Waals surface area contributed by atoms with Gasteiger partial charge in [-0.05, 0) is 30.7 Å². The summed E-state index contributed by atoms with van der Waals surface area (Å²) in [4.78, 5) is 0. The molecule has 6 nitrogen and oxygen atoms in total. The Morgan fingerprint density at radius 3 is 2.62 bits per heavy atom. The van der Waals surface area contributed by atoms with E-state index in [1.807, 2.05) is 0 Å². The average molecular weight is 293 g/mol. The Kier molecular flexibility index (Phi) is 4.69. The van der Waals surface area contributed by atoms with Gasteiger partial charge in [-0.25, -0.2) is 0 Å². The Balaban J connectivity index is 1.72. The number of ether oxygens (including phenoxy) is 1. The van der Waals surface area contributed by atoms with Crippen LogP contribution in [0.5, 0.6) is 5.75 Å². The van der Waals surface area contributed by atoms with E-state index in [1.54, 1.807) is 24.3 Å². The molecule has 1 aliphatic rings. The summed E-state index contributed by atoms with van der Waals surface area (Å²) in [5, 5.41) is 24.6. The Hall–Kier alpha value is -1.79. The van der Waals surface area contributed by atoms with Crippen LogP contribution in [0.4, 0.5) is 0 Å². The van der Waals surface area contributed by atoms with E-state index in [4.69, 9.17) is 15.7 Å². The Labute approximate surface area is 124 Å². The normalized spacial score (nSPS) is 24.4. The highest BCUT2D eigenvalue weighted by molar-refractivity contribution is 5.97.